The van der Waals surface area contributed by atoms with Gasteiger partial charge >= 0.3 is 0 Å². The van der Waals surface area contributed by atoms with Crippen LogP contribution in [0.3, 0.4) is 0 Å². The van der Waals surface area contributed by atoms with Crippen molar-refractivity contribution in [3.63, 3.8) is 0 Å². The van der Waals surface area contributed by atoms with E-state index in [0.717, 1.165) is 22.1 Å². The second-order valence-electron chi connectivity index (χ2n) is 6.64. The third kappa shape index (κ3) is 4.14. The first-order valence-electron chi connectivity index (χ1n) is 9.32. The highest BCUT2D eigenvalue weighted by atomic mass is 32.2. The molecule has 0 saturated carbocycles. The van der Waals surface area contributed by atoms with Crippen LogP contribution in [0.15, 0.2) is 76.8 Å². The van der Waals surface area contributed by atoms with Crippen molar-refractivity contribution >= 4 is 11.8 Å². The Balaban J connectivity index is 1.57. The third-order valence-electron chi connectivity index (χ3n) is 4.43. The van der Waals surface area contributed by atoms with E-state index in [1.165, 1.54) is 17.3 Å². The molecule has 4 rings (SSSR count). The first-order chi connectivity index (χ1) is 14.2. The van der Waals surface area contributed by atoms with E-state index in [-0.39, 0.29) is 5.25 Å². The molecule has 0 saturated heterocycles. The van der Waals surface area contributed by atoms with E-state index in [0.29, 0.717) is 18.3 Å². The van der Waals surface area contributed by atoms with E-state index in [4.69, 9.17) is 4.42 Å². The SMILES string of the molecule is C=CCn1c(S[C@@H](C)c2nnc(-c3ccc(C)cc3)o2)nnc1-c1ccccc1. The van der Waals surface area contributed by atoms with Gasteiger partial charge in [0.05, 0.1) is 5.25 Å². The maximum absolute atomic E-state index is 5.91. The molecule has 2 aromatic carbocycles. The van der Waals surface area contributed by atoms with Crippen molar-refractivity contribution in [3.8, 4) is 22.8 Å². The van der Waals surface area contributed by atoms with Gasteiger partial charge in [-0.3, -0.25) is 4.57 Å². The molecule has 2 heterocycles. The van der Waals surface area contributed by atoms with Crippen LogP contribution in [-0.4, -0.2) is 25.0 Å². The minimum Gasteiger partial charge on any atom is -0.419 e. The molecule has 1 atom stereocenters. The van der Waals surface area contributed by atoms with Gasteiger partial charge in [0.1, 0.15) is 0 Å². The Hall–Kier alpha value is -3.19. The van der Waals surface area contributed by atoms with Crippen LogP contribution in [0, 0.1) is 6.92 Å². The van der Waals surface area contributed by atoms with Gasteiger partial charge in [-0.15, -0.1) is 27.0 Å². The highest BCUT2D eigenvalue weighted by molar-refractivity contribution is 7.99. The number of thioether (sulfide) groups is 1. The summed E-state index contributed by atoms with van der Waals surface area (Å²) in [6.45, 7) is 8.55. The molecule has 7 heteroatoms. The van der Waals surface area contributed by atoms with Crippen molar-refractivity contribution in [2.24, 2.45) is 0 Å². The molecule has 0 bridgehead atoms. The molecule has 4 aromatic rings. The lowest BCUT2D eigenvalue weighted by atomic mass is 10.1. The highest BCUT2D eigenvalue weighted by Gasteiger charge is 2.21. The van der Waals surface area contributed by atoms with E-state index in [1.807, 2.05) is 79.1 Å². The van der Waals surface area contributed by atoms with Gasteiger partial charge in [-0.1, -0.05) is 65.9 Å². The number of benzene rings is 2. The Labute approximate surface area is 173 Å². The predicted molar refractivity (Wildman–Crippen MR) is 114 cm³/mol. The number of hydrogen-bond acceptors (Lipinski definition) is 6. The maximum Gasteiger partial charge on any atom is 0.247 e. The minimum atomic E-state index is -0.0712. The zero-order chi connectivity index (χ0) is 20.2. The van der Waals surface area contributed by atoms with Crippen molar-refractivity contribution in [1.82, 2.24) is 25.0 Å². The van der Waals surface area contributed by atoms with Crippen molar-refractivity contribution in [3.05, 3.63) is 78.7 Å². The average Bonchev–Trinajstić information content (AvgIpc) is 3.38. The van der Waals surface area contributed by atoms with Gasteiger partial charge in [0.15, 0.2) is 11.0 Å². The average molecular weight is 404 g/mol. The van der Waals surface area contributed by atoms with E-state index in [1.54, 1.807) is 0 Å². The molecule has 0 aliphatic rings. The monoisotopic (exact) mass is 403 g/mol. The van der Waals surface area contributed by atoms with Crippen LogP contribution in [0.4, 0.5) is 0 Å². The Bertz CT molecular complexity index is 1100. The molecule has 0 aliphatic heterocycles. The molecule has 0 spiro atoms. The van der Waals surface area contributed by atoms with Crippen LogP contribution in [0.25, 0.3) is 22.8 Å². The second kappa shape index (κ2) is 8.45. The van der Waals surface area contributed by atoms with Crippen LogP contribution in [0.1, 0.15) is 23.6 Å². The molecule has 0 unspecified atom stereocenters. The van der Waals surface area contributed by atoms with Crippen molar-refractivity contribution in [2.75, 3.05) is 0 Å². The second-order valence-corrected chi connectivity index (χ2v) is 7.95. The fraction of sp³-hybridized carbons (Fsp3) is 0.182. The smallest absolute Gasteiger partial charge is 0.247 e. The molecule has 0 fully saturated rings. The zero-order valence-corrected chi connectivity index (χ0v) is 17.1. The molecule has 29 heavy (non-hydrogen) atoms. The number of allylic oxidation sites excluding steroid dienone is 1. The summed E-state index contributed by atoms with van der Waals surface area (Å²) in [6, 6.07) is 18.0. The lowest BCUT2D eigenvalue weighted by Gasteiger charge is -2.09. The largest absolute Gasteiger partial charge is 0.419 e. The quantitative estimate of drug-likeness (QED) is 0.306. The van der Waals surface area contributed by atoms with E-state index in [9.17, 15) is 0 Å². The first-order valence-corrected chi connectivity index (χ1v) is 10.2. The van der Waals surface area contributed by atoms with Gasteiger partial charge in [0.2, 0.25) is 11.8 Å². The van der Waals surface area contributed by atoms with Gasteiger partial charge in [0.25, 0.3) is 0 Å². The zero-order valence-electron chi connectivity index (χ0n) is 16.3. The summed E-state index contributed by atoms with van der Waals surface area (Å²) in [4.78, 5) is 0. The molecular formula is C22H21N5OS. The summed E-state index contributed by atoms with van der Waals surface area (Å²) >= 11 is 1.54. The molecule has 0 N–H and O–H groups in total. The number of aryl methyl sites for hydroxylation is 1. The molecule has 6 nitrogen and oxygen atoms in total. The summed E-state index contributed by atoms with van der Waals surface area (Å²) in [5.41, 5.74) is 3.11. The molecule has 146 valence electrons. The Morgan fingerprint density at radius 2 is 1.76 bits per heavy atom. The summed E-state index contributed by atoms with van der Waals surface area (Å²) in [5, 5.41) is 17.9. The minimum absolute atomic E-state index is 0.0712. The van der Waals surface area contributed by atoms with Crippen LogP contribution in [-0.2, 0) is 6.54 Å². The predicted octanol–water partition coefficient (Wildman–Crippen LogP) is 5.34. The van der Waals surface area contributed by atoms with Crippen LogP contribution >= 0.6 is 11.8 Å². The van der Waals surface area contributed by atoms with Crippen LogP contribution in [0.2, 0.25) is 0 Å². The summed E-state index contributed by atoms with van der Waals surface area (Å²) in [7, 11) is 0. The molecule has 2 aromatic heterocycles. The Morgan fingerprint density at radius 3 is 2.48 bits per heavy atom. The number of aromatic nitrogens is 5. The Morgan fingerprint density at radius 1 is 1.00 bits per heavy atom. The maximum atomic E-state index is 5.91. The molecule has 0 amide bonds. The topological polar surface area (TPSA) is 69.6 Å². The van der Waals surface area contributed by atoms with Gasteiger partial charge in [-0.25, -0.2) is 0 Å². The van der Waals surface area contributed by atoms with Crippen molar-refractivity contribution < 1.29 is 4.42 Å². The normalized spacial score (nSPS) is 12.1. The summed E-state index contributed by atoms with van der Waals surface area (Å²) in [6.07, 6.45) is 1.84. The number of rotatable bonds is 7. The van der Waals surface area contributed by atoms with Gasteiger partial charge in [-0.05, 0) is 26.0 Å². The molecule has 0 aliphatic carbocycles. The van der Waals surface area contributed by atoms with Gasteiger partial charge in [-0.2, -0.15) is 0 Å². The van der Waals surface area contributed by atoms with Crippen LogP contribution < -0.4 is 0 Å². The van der Waals surface area contributed by atoms with Crippen molar-refractivity contribution in [1.29, 1.82) is 0 Å². The number of nitrogens with zero attached hydrogens (tertiary/aromatic N) is 5. The summed E-state index contributed by atoms with van der Waals surface area (Å²) < 4.78 is 7.96. The third-order valence-corrected chi connectivity index (χ3v) is 5.50. The van der Waals surface area contributed by atoms with E-state index < -0.39 is 0 Å². The fourth-order valence-electron chi connectivity index (χ4n) is 2.89. The summed E-state index contributed by atoms with van der Waals surface area (Å²) in [5.74, 6) is 1.89. The highest BCUT2D eigenvalue weighted by Crippen LogP contribution is 2.35. The first kappa shape index (κ1) is 19.1. The van der Waals surface area contributed by atoms with Gasteiger partial charge in [0, 0.05) is 17.7 Å². The fourth-order valence-corrected chi connectivity index (χ4v) is 3.78. The van der Waals surface area contributed by atoms with E-state index in [2.05, 4.69) is 27.0 Å². The van der Waals surface area contributed by atoms with Crippen LogP contribution in [0.5, 0.6) is 0 Å². The lowest BCUT2D eigenvalue weighted by molar-refractivity contribution is 0.508. The molecule has 0 radical (unpaired) electrons. The Kier molecular flexibility index (Phi) is 5.57. The van der Waals surface area contributed by atoms with E-state index >= 15 is 0 Å². The van der Waals surface area contributed by atoms with Gasteiger partial charge < -0.3 is 4.42 Å². The lowest BCUT2D eigenvalue weighted by Crippen LogP contribution is -2.01. The van der Waals surface area contributed by atoms with Crippen molar-refractivity contribution in [2.45, 2.75) is 30.8 Å². The standard InChI is InChI=1S/C22H21N5OS/c1-4-14-27-19(17-8-6-5-7-9-17)23-26-22(27)29-16(3)20-24-25-21(28-20)18-12-10-15(2)11-13-18/h4-13,16H,1,14H2,2-3H3/t16-/m0/s1. The number of hydrogen-bond donors (Lipinski definition) is 0. The molecular weight excluding hydrogens is 382 g/mol.